The predicted molar refractivity (Wildman–Crippen MR) is 106 cm³/mol. The Balaban J connectivity index is 1.55. The van der Waals surface area contributed by atoms with Crippen LogP contribution in [0.15, 0.2) is 53.4 Å². The number of halogens is 1. The summed E-state index contributed by atoms with van der Waals surface area (Å²) in [7, 11) is -3.62. The maximum Gasteiger partial charge on any atom is 0.243 e. The molecule has 1 fully saturated rings. The lowest BCUT2D eigenvalue weighted by Gasteiger charge is -2.30. The Morgan fingerprint density at radius 3 is 2.29 bits per heavy atom. The van der Waals surface area contributed by atoms with Crippen LogP contribution in [0.1, 0.15) is 24.0 Å². The highest BCUT2D eigenvalue weighted by Crippen LogP contribution is 2.24. The van der Waals surface area contributed by atoms with Gasteiger partial charge in [-0.1, -0.05) is 23.7 Å². The van der Waals surface area contributed by atoms with E-state index in [1.165, 1.54) is 28.6 Å². The zero-order valence-corrected chi connectivity index (χ0v) is 16.7. The van der Waals surface area contributed by atoms with Gasteiger partial charge in [-0.3, -0.25) is 4.79 Å². The summed E-state index contributed by atoms with van der Waals surface area (Å²) in [6, 6.07) is 15.1. The van der Waals surface area contributed by atoms with Crippen LogP contribution in [0.4, 0.5) is 0 Å². The third-order valence-electron chi connectivity index (χ3n) is 4.83. The number of benzene rings is 2. The van der Waals surface area contributed by atoms with Crippen molar-refractivity contribution < 1.29 is 13.2 Å². The highest BCUT2D eigenvalue weighted by Gasteiger charge is 2.31. The van der Waals surface area contributed by atoms with Crippen LogP contribution < -0.4 is 5.32 Å². The van der Waals surface area contributed by atoms with Gasteiger partial charge in [0.1, 0.15) is 0 Å². The van der Waals surface area contributed by atoms with Crippen molar-refractivity contribution in [3.05, 3.63) is 64.7 Å². The molecule has 28 heavy (non-hydrogen) atoms. The molecule has 1 N–H and O–H groups in total. The number of nitrogens with zero attached hydrogens (tertiary/aromatic N) is 2. The topological polar surface area (TPSA) is 90.3 Å². The second kappa shape index (κ2) is 8.74. The Labute approximate surface area is 169 Å². The van der Waals surface area contributed by atoms with Crippen LogP contribution in [0.25, 0.3) is 0 Å². The Morgan fingerprint density at radius 1 is 1.11 bits per heavy atom. The first-order valence-electron chi connectivity index (χ1n) is 8.92. The summed E-state index contributed by atoms with van der Waals surface area (Å²) in [5.41, 5.74) is 1.37. The van der Waals surface area contributed by atoms with E-state index in [1.54, 1.807) is 12.1 Å². The van der Waals surface area contributed by atoms with E-state index in [-0.39, 0.29) is 16.7 Å². The fourth-order valence-electron chi connectivity index (χ4n) is 3.14. The molecule has 6 nitrogen and oxygen atoms in total. The molecule has 0 spiro atoms. The summed E-state index contributed by atoms with van der Waals surface area (Å²) < 4.78 is 26.9. The molecule has 1 amide bonds. The summed E-state index contributed by atoms with van der Waals surface area (Å²) in [5.74, 6) is -0.273. The molecule has 0 bridgehead atoms. The number of carbonyl (C=O) groups excluding carboxylic acids is 1. The van der Waals surface area contributed by atoms with E-state index in [1.807, 2.05) is 18.2 Å². The van der Waals surface area contributed by atoms with Gasteiger partial charge in [0.25, 0.3) is 0 Å². The van der Waals surface area contributed by atoms with Crippen molar-refractivity contribution in [2.24, 2.45) is 5.92 Å². The van der Waals surface area contributed by atoms with Crippen LogP contribution >= 0.6 is 11.6 Å². The van der Waals surface area contributed by atoms with Gasteiger partial charge in [-0.15, -0.1) is 0 Å². The largest absolute Gasteiger partial charge is 0.352 e. The van der Waals surface area contributed by atoms with E-state index < -0.39 is 10.0 Å². The second-order valence-electron chi connectivity index (χ2n) is 6.66. The van der Waals surface area contributed by atoms with Gasteiger partial charge in [0.2, 0.25) is 15.9 Å². The highest BCUT2D eigenvalue weighted by molar-refractivity contribution is 7.89. The molecule has 2 aromatic carbocycles. The molecule has 1 aliphatic rings. The van der Waals surface area contributed by atoms with Crippen LogP contribution in [0, 0.1) is 17.2 Å². The zero-order valence-electron chi connectivity index (χ0n) is 15.1. The number of piperidine rings is 1. The summed E-state index contributed by atoms with van der Waals surface area (Å²) in [6.07, 6.45) is 0.948. The first-order chi connectivity index (χ1) is 13.4. The third-order valence-corrected chi connectivity index (χ3v) is 6.99. The Bertz CT molecular complexity index is 975. The molecule has 0 aromatic heterocycles. The molecule has 1 aliphatic heterocycles. The summed E-state index contributed by atoms with van der Waals surface area (Å²) >= 11 is 5.85. The number of carbonyl (C=O) groups is 1. The van der Waals surface area contributed by atoms with E-state index in [4.69, 9.17) is 16.9 Å². The molecule has 0 unspecified atom stereocenters. The van der Waals surface area contributed by atoms with E-state index in [0.717, 1.165) is 5.56 Å². The molecule has 3 rings (SSSR count). The van der Waals surface area contributed by atoms with Gasteiger partial charge in [-0.25, -0.2) is 8.42 Å². The number of sulfonamides is 1. The first kappa shape index (κ1) is 20.3. The van der Waals surface area contributed by atoms with Crippen molar-refractivity contribution in [2.45, 2.75) is 24.3 Å². The average Bonchev–Trinajstić information content (AvgIpc) is 2.73. The second-order valence-corrected chi connectivity index (χ2v) is 9.03. The Kier molecular flexibility index (Phi) is 6.35. The molecule has 0 saturated carbocycles. The van der Waals surface area contributed by atoms with Gasteiger partial charge >= 0.3 is 0 Å². The lowest BCUT2D eigenvalue weighted by molar-refractivity contribution is -0.126. The molecule has 2 aromatic rings. The highest BCUT2D eigenvalue weighted by atomic mass is 35.5. The maximum atomic E-state index is 12.7. The normalized spacial score (nSPS) is 15.7. The minimum Gasteiger partial charge on any atom is -0.352 e. The van der Waals surface area contributed by atoms with Gasteiger partial charge in [-0.05, 0) is 54.8 Å². The van der Waals surface area contributed by atoms with E-state index in [2.05, 4.69) is 5.32 Å². The fourth-order valence-corrected chi connectivity index (χ4v) is 4.74. The van der Waals surface area contributed by atoms with Crippen LogP contribution in [0.2, 0.25) is 5.02 Å². The molecular weight excluding hydrogens is 398 g/mol. The predicted octanol–water partition coefficient (Wildman–Crippen LogP) is 2.93. The van der Waals surface area contributed by atoms with Crippen molar-refractivity contribution in [1.29, 1.82) is 5.26 Å². The van der Waals surface area contributed by atoms with Crippen LogP contribution in [-0.4, -0.2) is 31.7 Å². The minimum absolute atomic E-state index is 0.0645. The lowest BCUT2D eigenvalue weighted by Crippen LogP contribution is -2.42. The van der Waals surface area contributed by atoms with Crippen LogP contribution in [0.5, 0.6) is 0 Å². The molecule has 1 saturated heterocycles. The van der Waals surface area contributed by atoms with Crippen molar-refractivity contribution in [3.8, 4) is 6.07 Å². The molecule has 8 heteroatoms. The molecular formula is C20H20ClN3O3S. The van der Waals surface area contributed by atoms with Crippen molar-refractivity contribution in [3.63, 3.8) is 0 Å². The van der Waals surface area contributed by atoms with Gasteiger partial charge in [0.05, 0.1) is 16.5 Å². The van der Waals surface area contributed by atoms with Gasteiger partial charge in [0.15, 0.2) is 0 Å². The van der Waals surface area contributed by atoms with Gasteiger partial charge < -0.3 is 5.32 Å². The molecule has 0 radical (unpaired) electrons. The number of hydrogen-bond acceptors (Lipinski definition) is 4. The zero-order chi connectivity index (χ0) is 20.1. The van der Waals surface area contributed by atoms with Crippen LogP contribution in [-0.2, 0) is 21.4 Å². The summed E-state index contributed by atoms with van der Waals surface area (Å²) in [4.78, 5) is 12.6. The van der Waals surface area contributed by atoms with E-state index in [9.17, 15) is 13.2 Å². The molecule has 1 heterocycles. The maximum absolute atomic E-state index is 12.7. The van der Waals surface area contributed by atoms with E-state index >= 15 is 0 Å². The molecule has 0 aliphatic carbocycles. The standard InChI is InChI=1S/C20H20ClN3O3S/c21-18-5-1-16(2-6-18)14-23-20(25)17-9-11-24(12-10-17)28(26,27)19-7-3-15(13-22)4-8-19/h1-8,17H,9-12,14H2,(H,23,25). The summed E-state index contributed by atoms with van der Waals surface area (Å²) in [5, 5.41) is 12.4. The van der Waals surface area contributed by atoms with Crippen molar-refractivity contribution >= 4 is 27.5 Å². The van der Waals surface area contributed by atoms with E-state index in [0.29, 0.717) is 43.1 Å². The average molecular weight is 418 g/mol. The van der Waals surface area contributed by atoms with Gasteiger partial charge in [0, 0.05) is 30.6 Å². The fraction of sp³-hybridized carbons (Fsp3) is 0.300. The van der Waals surface area contributed by atoms with Crippen molar-refractivity contribution in [1.82, 2.24) is 9.62 Å². The third kappa shape index (κ3) is 4.71. The number of amides is 1. The number of nitriles is 1. The molecule has 146 valence electrons. The monoisotopic (exact) mass is 417 g/mol. The Morgan fingerprint density at radius 2 is 1.71 bits per heavy atom. The van der Waals surface area contributed by atoms with Gasteiger partial charge in [-0.2, -0.15) is 9.57 Å². The quantitative estimate of drug-likeness (QED) is 0.809. The summed E-state index contributed by atoms with van der Waals surface area (Å²) in [6.45, 7) is 1.00. The molecule has 0 atom stereocenters. The Hall–Kier alpha value is -2.40. The number of hydrogen-bond donors (Lipinski definition) is 1. The minimum atomic E-state index is -3.62. The lowest BCUT2D eigenvalue weighted by atomic mass is 9.97. The van der Waals surface area contributed by atoms with Crippen LogP contribution in [0.3, 0.4) is 0 Å². The number of rotatable bonds is 5. The smallest absolute Gasteiger partial charge is 0.243 e. The van der Waals surface area contributed by atoms with Crippen molar-refractivity contribution in [2.75, 3.05) is 13.1 Å². The SMILES string of the molecule is N#Cc1ccc(S(=O)(=O)N2CCC(C(=O)NCc3ccc(Cl)cc3)CC2)cc1. The number of nitrogens with one attached hydrogen (secondary N) is 1. The first-order valence-corrected chi connectivity index (χ1v) is 10.7.